The van der Waals surface area contributed by atoms with Crippen molar-refractivity contribution < 1.29 is 8.42 Å². The summed E-state index contributed by atoms with van der Waals surface area (Å²) in [6.07, 6.45) is 4.57. The van der Waals surface area contributed by atoms with Crippen molar-refractivity contribution in [3.05, 3.63) is 29.8 Å². The third kappa shape index (κ3) is 5.62. The highest BCUT2D eigenvalue weighted by Gasteiger charge is 2.05. The summed E-state index contributed by atoms with van der Waals surface area (Å²) < 4.78 is 22.6. The van der Waals surface area contributed by atoms with E-state index in [4.69, 9.17) is 5.73 Å². The van der Waals surface area contributed by atoms with Crippen LogP contribution in [0.5, 0.6) is 0 Å². The Morgan fingerprint density at radius 1 is 1.11 bits per heavy atom. The molecule has 0 spiro atoms. The molecule has 0 aliphatic rings. The van der Waals surface area contributed by atoms with Crippen LogP contribution in [0, 0.1) is 0 Å². The number of hydrogen-bond acceptors (Lipinski definition) is 4. The molecule has 1 aromatic carbocycles. The molecule has 0 unspecified atom stereocenters. The van der Waals surface area contributed by atoms with Gasteiger partial charge in [-0.2, -0.15) is 0 Å². The van der Waals surface area contributed by atoms with Gasteiger partial charge in [0.25, 0.3) is 0 Å². The second-order valence-electron chi connectivity index (χ2n) is 4.44. The predicted octanol–water partition coefficient (Wildman–Crippen LogP) is 1.31. The van der Waals surface area contributed by atoms with Crippen LogP contribution in [0.15, 0.2) is 29.2 Å². The van der Waals surface area contributed by atoms with Gasteiger partial charge in [0.15, 0.2) is 9.84 Å². The van der Waals surface area contributed by atoms with Crippen LogP contribution in [-0.4, -0.2) is 27.8 Å². The summed E-state index contributed by atoms with van der Waals surface area (Å²) >= 11 is 0. The van der Waals surface area contributed by atoms with Gasteiger partial charge in [-0.1, -0.05) is 18.6 Å². The minimum atomic E-state index is -3.09. The van der Waals surface area contributed by atoms with Gasteiger partial charge in [0, 0.05) is 12.8 Å². The Morgan fingerprint density at radius 3 is 2.33 bits per heavy atom. The normalized spacial score (nSPS) is 11.7. The van der Waals surface area contributed by atoms with Crippen LogP contribution >= 0.6 is 0 Å². The predicted molar refractivity (Wildman–Crippen MR) is 74.2 cm³/mol. The molecule has 0 saturated carbocycles. The van der Waals surface area contributed by atoms with Crippen molar-refractivity contribution in [1.82, 2.24) is 5.32 Å². The minimum Gasteiger partial charge on any atom is -0.330 e. The SMILES string of the molecule is CS(=O)(=O)c1ccc(CNCCCCCN)cc1. The first kappa shape index (κ1) is 15.1. The maximum absolute atomic E-state index is 11.3. The van der Waals surface area contributed by atoms with Crippen LogP contribution in [0.3, 0.4) is 0 Å². The molecular weight excluding hydrogens is 248 g/mol. The summed E-state index contributed by atoms with van der Waals surface area (Å²) in [6.45, 7) is 2.49. The van der Waals surface area contributed by atoms with Crippen LogP contribution in [0.4, 0.5) is 0 Å². The molecule has 4 nitrogen and oxygen atoms in total. The Morgan fingerprint density at radius 2 is 1.78 bits per heavy atom. The van der Waals surface area contributed by atoms with Crippen LogP contribution in [0.2, 0.25) is 0 Å². The summed E-state index contributed by atoms with van der Waals surface area (Å²) in [4.78, 5) is 0.370. The standard InChI is InChI=1S/C13H22N2O2S/c1-18(16,17)13-7-5-12(6-8-13)11-15-10-4-2-3-9-14/h5-8,15H,2-4,9-11,14H2,1H3. The first-order valence-electron chi connectivity index (χ1n) is 6.24. The quantitative estimate of drug-likeness (QED) is 0.699. The molecule has 0 atom stereocenters. The fraction of sp³-hybridized carbons (Fsp3) is 0.538. The number of nitrogens with one attached hydrogen (secondary N) is 1. The van der Waals surface area contributed by atoms with E-state index in [1.807, 2.05) is 12.1 Å². The summed E-state index contributed by atoms with van der Waals surface area (Å²) in [6, 6.07) is 7.01. The van der Waals surface area contributed by atoms with E-state index >= 15 is 0 Å². The lowest BCUT2D eigenvalue weighted by Crippen LogP contribution is -2.15. The molecule has 0 heterocycles. The smallest absolute Gasteiger partial charge is 0.175 e. The van der Waals surface area contributed by atoms with Crippen molar-refractivity contribution in [1.29, 1.82) is 0 Å². The highest BCUT2D eigenvalue weighted by Crippen LogP contribution is 2.10. The molecule has 0 radical (unpaired) electrons. The van der Waals surface area contributed by atoms with Gasteiger partial charge in [-0.15, -0.1) is 0 Å². The van der Waals surface area contributed by atoms with E-state index in [0.29, 0.717) is 4.90 Å². The zero-order valence-electron chi connectivity index (χ0n) is 10.9. The molecule has 1 aromatic rings. The van der Waals surface area contributed by atoms with Gasteiger partial charge in [-0.3, -0.25) is 0 Å². The lowest BCUT2D eigenvalue weighted by Gasteiger charge is -2.05. The van der Waals surface area contributed by atoms with Crippen LogP contribution in [0.25, 0.3) is 0 Å². The zero-order valence-corrected chi connectivity index (χ0v) is 11.7. The summed E-state index contributed by atoms with van der Waals surface area (Å²) in [7, 11) is -3.09. The first-order valence-corrected chi connectivity index (χ1v) is 8.13. The molecule has 0 saturated heterocycles. The van der Waals surface area contributed by atoms with Gasteiger partial charge in [-0.05, 0) is 43.6 Å². The van der Waals surface area contributed by atoms with Gasteiger partial charge in [0.1, 0.15) is 0 Å². The summed E-state index contributed by atoms with van der Waals surface area (Å²) in [5, 5.41) is 3.33. The molecule has 0 fully saturated rings. The van der Waals surface area contributed by atoms with Crippen molar-refractivity contribution in [2.45, 2.75) is 30.7 Å². The molecule has 0 aromatic heterocycles. The fourth-order valence-corrected chi connectivity index (χ4v) is 2.29. The van der Waals surface area contributed by atoms with Crippen LogP contribution in [0.1, 0.15) is 24.8 Å². The summed E-state index contributed by atoms with van der Waals surface area (Å²) in [5.41, 5.74) is 6.51. The Labute approximate surface area is 110 Å². The number of rotatable bonds is 8. The molecule has 3 N–H and O–H groups in total. The van der Waals surface area contributed by atoms with Gasteiger partial charge in [0.2, 0.25) is 0 Å². The lowest BCUT2D eigenvalue weighted by atomic mass is 10.2. The molecule has 102 valence electrons. The van der Waals surface area contributed by atoms with Gasteiger partial charge < -0.3 is 11.1 Å². The van der Waals surface area contributed by atoms with Crippen LogP contribution < -0.4 is 11.1 Å². The van der Waals surface area contributed by atoms with Gasteiger partial charge in [0.05, 0.1) is 4.90 Å². The fourth-order valence-electron chi connectivity index (χ4n) is 1.66. The second-order valence-corrected chi connectivity index (χ2v) is 6.46. The molecule has 0 bridgehead atoms. The molecule has 0 aliphatic heterocycles. The second kappa shape index (κ2) is 7.51. The average molecular weight is 270 g/mol. The number of nitrogens with two attached hydrogens (primary N) is 1. The molecule has 0 amide bonds. The maximum atomic E-state index is 11.3. The topological polar surface area (TPSA) is 72.2 Å². The maximum Gasteiger partial charge on any atom is 0.175 e. The largest absolute Gasteiger partial charge is 0.330 e. The van der Waals surface area contributed by atoms with Crippen molar-refractivity contribution in [3.8, 4) is 0 Å². The number of benzene rings is 1. The zero-order chi connectivity index (χ0) is 13.4. The van der Waals surface area contributed by atoms with Gasteiger partial charge >= 0.3 is 0 Å². The molecule has 5 heteroatoms. The van der Waals surface area contributed by atoms with Crippen molar-refractivity contribution in [2.75, 3.05) is 19.3 Å². The average Bonchev–Trinajstić information content (AvgIpc) is 2.33. The minimum absolute atomic E-state index is 0.370. The first-order chi connectivity index (χ1) is 8.54. The number of sulfone groups is 1. The third-order valence-electron chi connectivity index (χ3n) is 2.74. The Bertz CT molecular complexity index is 441. The van der Waals surface area contributed by atoms with E-state index in [1.165, 1.54) is 6.26 Å². The number of hydrogen-bond donors (Lipinski definition) is 2. The van der Waals surface area contributed by atoms with E-state index in [2.05, 4.69) is 5.32 Å². The summed E-state index contributed by atoms with van der Waals surface area (Å²) in [5.74, 6) is 0. The molecule has 1 rings (SSSR count). The number of unbranched alkanes of at least 4 members (excludes halogenated alkanes) is 2. The van der Waals surface area contributed by atoms with Crippen molar-refractivity contribution in [2.24, 2.45) is 5.73 Å². The van der Waals surface area contributed by atoms with Crippen molar-refractivity contribution >= 4 is 9.84 Å². The van der Waals surface area contributed by atoms with E-state index in [9.17, 15) is 8.42 Å². The van der Waals surface area contributed by atoms with E-state index in [-0.39, 0.29) is 0 Å². The lowest BCUT2D eigenvalue weighted by molar-refractivity contribution is 0.601. The van der Waals surface area contributed by atoms with E-state index in [0.717, 1.165) is 44.5 Å². The molecule has 0 aliphatic carbocycles. The highest BCUT2D eigenvalue weighted by molar-refractivity contribution is 7.90. The molecular formula is C13H22N2O2S. The van der Waals surface area contributed by atoms with E-state index in [1.54, 1.807) is 12.1 Å². The Kier molecular flexibility index (Phi) is 6.32. The van der Waals surface area contributed by atoms with Crippen molar-refractivity contribution in [3.63, 3.8) is 0 Å². The monoisotopic (exact) mass is 270 g/mol. The van der Waals surface area contributed by atoms with Gasteiger partial charge in [-0.25, -0.2) is 8.42 Å². The van der Waals surface area contributed by atoms with E-state index < -0.39 is 9.84 Å². The van der Waals surface area contributed by atoms with Crippen LogP contribution in [-0.2, 0) is 16.4 Å². The Balaban J connectivity index is 2.32. The highest BCUT2D eigenvalue weighted by atomic mass is 32.2. The third-order valence-corrected chi connectivity index (χ3v) is 3.87. The Hall–Kier alpha value is -0.910. The molecule has 18 heavy (non-hydrogen) atoms.